The lowest BCUT2D eigenvalue weighted by atomic mass is 10.2. The Morgan fingerprint density at radius 3 is 1.78 bits per heavy atom. The summed E-state index contributed by atoms with van der Waals surface area (Å²) in [5.74, 6) is -0.169. The molecule has 0 saturated carbocycles. The first-order chi connectivity index (χ1) is 7.90. The van der Waals surface area contributed by atoms with Gasteiger partial charge < -0.3 is 4.90 Å². The monoisotopic (exact) mass is 279 g/mol. The highest BCUT2D eigenvalue weighted by Gasteiger charge is 2.44. The number of halogens is 2. The van der Waals surface area contributed by atoms with Gasteiger partial charge in [-0.15, -0.1) is 0 Å². The highest BCUT2D eigenvalue weighted by molar-refractivity contribution is 6.78. The number of nitrogens with zero attached hydrogens (tertiary/aromatic N) is 1. The van der Waals surface area contributed by atoms with Crippen LogP contribution in [0, 0.1) is 0 Å². The van der Waals surface area contributed by atoms with Crippen LogP contribution >= 0.6 is 0 Å². The number of hydrogen-bond acceptors (Lipinski definition) is 1. The molecule has 0 N–H and O–H groups in total. The Morgan fingerprint density at radius 1 is 1.11 bits per heavy atom. The molecule has 108 valence electrons. The molecule has 0 aromatic heterocycles. The summed E-state index contributed by atoms with van der Waals surface area (Å²) in [6, 6.07) is 0.107. The van der Waals surface area contributed by atoms with Crippen LogP contribution in [0.2, 0.25) is 19.6 Å². The van der Waals surface area contributed by atoms with Crippen molar-refractivity contribution in [3.8, 4) is 0 Å². The van der Waals surface area contributed by atoms with E-state index in [-0.39, 0.29) is 30.8 Å². The fraction of sp³-hybridized carbons (Fsp3) is 0.923. The molecule has 5 heteroatoms. The van der Waals surface area contributed by atoms with Crippen LogP contribution in [0.4, 0.5) is 8.78 Å². The van der Waals surface area contributed by atoms with Crippen molar-refractivity contribution in [3.63, 3.8) is 0 Å². The number of hydrogen-bond donors (Lipinski definition) is 0. The Morgan fingerprint density at radius 2 is 1.50 bits per heavy atom. The van der Waals surface area contributed by atoms with Gasteiger partial charge in [0.1, 0.15) is 8.07 Å². The van der Waals surface area contributed by atoms with Crippen LogP contribution in [-0.4, -0.2) is 36.5 Å². The first-order valence-corrected chi connectivity index (χ1v) is 10.1. The number of carbonyl (C=O) groups is 1. The predicted octanol–water partition coefficient (Wildman–Crippen LogP) is 3.92. The fourth-order valence-electron chi connectivity index (χ4n) is 1.94. The molecule has 0 fully saturated rings. The van der Waals surface area contributed by atoms with Crippen molar-refractivity contribution in [3.05, 3.63) is 0 Å². The van der Waals surface area contributed by atoms with E-state index < -0.39 is 13.6 Å². The minimum Gasteiger partial charge on any atom is -0.338 e. The summed E-state index contributed by atoms with van der Waals surface area (Å²) < 4.78 is 27.7. The number of alkyl halides is 2. The molecule has 0 unspecified atom stereocenters. The van der Waals surface area contributed by atoms with Crippen molar-refractivity contribution >= 4 is 14.0 Å². The molecule has 0 heterocycles. The van der Waals surface area contributed by atoms with Gasteiger partial charge in [0.05, 0.1) is 0 Å². The maximum absolute atomic E-state index is 13.8. The minimum absolute atomic E-state index is 0.0537. The molecule has 0 aromatic rings. The second-order valence-corrected chi connectivity index (χ2v) is 11.7. The van der Waals surface area contributed by atoms with Crippen molar-refractivity contribution in [2.24, 2.45) is 0 Å². The van der Waals surface area contributed by atoms with Crippen LogP contribution in [-0.2, 0) is 4.79 Å². The van der Waals surface area contributed by atoms with E-state index in [1.54, 1.807) is 24.5 Å². The molecule has 0 aromatic carbocycles. The smallest absolute Gasteiger partial charge is 0.229 e. The maximum Gasteiger partial charge on any atom is 0.229 e. The Labute approximate surface area is 111 Å². The average molecular weight is 279 g/mol. The van der Waals surface area contributed by atoms with Gasteiger partial charge in [0.25, 0.3) is 0 Å². The Bertz CT molecular complexity index is 277. The minimum atomic E-state index is -2.68. The molecular weight excluding hydrogens is 252 g/mol. The van der Waals surface area contributed by atoms with E-state index in [4.69, 9.17) is 0 Å². The average Bonchev–Trinajstić information content (AvgIpc) is 2.11. The zero-order valence-electron chi connectivity index (χ0n) is 12.7. The zero-order valence-corrected chi connectivity index (χ0v) is 13.7. The Hall–Kier alpha value is -0.453. The molecule has 0 rings (SSSR count). The van der Waals surface area contributed by atoms with Crippen molar-refractivity contribution in [1.82, 2.24) is 4.90 Å². The highest BCUT2D eigenvalue weighted by atomic mass is 28.3. The van der Waals surface area contributed by atoms with E-state index in [2.05, 4.69) is 0 Å². The van der Waals surface area contributed by atoms with Gasteiger partial charge in [0, 0.05) is 24.9 Å². The number of carbonyl (C=O) groups excluding carboxylic acids is 1. The summed E-state index contributed by atoms with van der Waals surface area (Å²) in [4.78, 5) is 13.7. The summed E-state index contributed by atoms with van der Waals surface area (Å²) in [6.07, 6.45) is -0.384. The maximum atomic E-state index is 13.8. The van der Waals surface area contributed by atoms with Crippen molar-refractivity contribution < 1.29 is 13.6 Å². The Balaban J connectivity index is 4.60. The second-order valence-electron chi connectivity index (χ2n) is 6.44. The van der Waals surface area contributed by atoms with E-state index in [1.165, 1.54) is 0 Å². The highest BCUT2D eigenvalue weighted by Crippen LogP contribution is 2.32. The van der Waals surface area contributed by atoms with Gasteiger partial charge in [-0.2, -0.15) is 0 Å². The third-order valence-corrected chi connectivity index (χ3v) is 5.60. The van der Waals surface area contributed by atoms with E-state index in [0.717, 1.165) is 0 Å². The molecule has 2 nitrogen and oxygen atoms in total. The van der Waals surface area contributed by atoms with E-state index >= 15 is 0 Å². The second kappa shape index (κ2) is 6.13. The van der Waals surface area contributed by atoms with Gasteiger partial charge in [0.15, 0.2) is 0 Å². The van der Waals surface area contributed by atoms with Crippen LogP contribution in [0.15, 0.2) is 0 Å². The molecule has 0 spiro atoms. The molecule has 0 radical (unpaired) electrons. The van der Waals surface area contributed by atoms with Crippen LogP contribution in [0.1, 0.15) is 40.5 Å². The molecule has 0 aliphatic carbocycles. The predicted molar refractivity (Wildman–Crippen MR) is 74.6 cm³/mol. The first kappa shape index (κ1) is 17.5. The van der Waals surface area contributed by atoms with Crippen LogP contribution in [0.25, 0.3) is 0 Å². The lowest BCUT2D eigenvalue weighted by Gasteiger charge is -2.33. The quantitative estimate of drug-likeness (QED) is 0.675. The largest absolute Gasteiger partial charge is 0.338 e. The van der Waals surface area contributed by atoms with Gasteiger partial charge in [-0.3, -0.25) is 4.79 Å². The van der Waals surface area contributed by atoms with Gasteiger partial charge in [-0.1, -0.05) is 19.6 Å². The van der Waals surface area contributed by atoms with Gasteiger partial charge in [0.2, 0.25) is 11.5 Å². The summed E-state index contributed by atoms with van der Waals surface area (Å²) in [5, 5.41) is 0. The SMILES string of the molecule is CC(C)N(C(=O)CCC(F)(F)[Si](C)(C)C)C(C)C. The standard InChI is InChI=1S/C13H27F2NOSi/c1-10(2)16(11(3)4)12(17)8-9-13(14,15)18(5,6)7/h10-11H,8-9H2,1-7H3. The number of amides is 1. The summed E-state index contributed by atoms with van der Waals surface area (Å²) in [7, 11) is -2.54. The zero-order chi connectivity index (χ0) is 14.7. The van der Waals surface area contributed by atoms with Crippen molar-refractivity contribution in [2.75, 3.05) is 0 Å². The molecule has 0 saturated heterocycles. The van der Waals surface area contributed by atoms with E-state index in [1.807, 2.05) is 27.7 Å². The fourth-order valence-corrected chi connectivity index (χ4v) is 2.82. The third kappa shape index (κ3) is 4.67. The van der Waals surface area contributed by atoms with E-state index in [9.17, 15) is 13.6 Å². The van der Waals surface area contributed by atoms with Gasteiger partial charge in [-0.25, -0.2) is 8.78 Å². The third-order valence-electron chi connectivity index (χ3n) is 3.15. The summed E-state index contributed by atoms with van der Waals surface area (Å²) in [5.41, 5.74) is -2.68. The summed E-state index contributed by atoms with van der Waals surface area (Å²) >= 11 is 0. The normalized spacial score (nSPS) is 13.3. The van der Waals surface area contributed by atoms with E-state index in [0.29, 0.717) is 0 Å². The van der Waals surface area contributed by atoms with Crippen molar-refractivity contribution in [1.29, 1.82) is 0 Å². The van der Waals surface area contributed by atoms with Crippen molar-refractivity contribution in [2.45, 2.75) is 77.8 Å². The van der Waals surface area contributed by atoms with Crippen LogP contribution < -0.4 is 0 Å². The molecular formula is C13H27F2NOSi. The lowest BCUT2D eigenvalue weighted by Crippen LogP contribution is -2.47. The Kier molecular flexibility index (Phi) is 5.97. The van der Waals surface area contributed by atoms with Crippen LogP contribution in [0.3, 0.4) is 0 Å². The number of rotatable bonds is 6. The van der Waals surface area contributed by atoms with Crippen LogP contribution in [0.5, 0.6) is 0 Å². The molecule has 1 amide bonds. The molecule has 0 aliphatic heterocycles. The molecule has 0 bridgehead atoms. The summed E-state index contributed by atoms with van der Waals surface area (Å²) in [6.45, 7) is 12.6. The van der Waals surface area contributed by atoms with Gasteiger partial charge >= 0.3 is 0 Å². The molecule has 0 aliphatic rings. The van der Waals surface area contributed by atoms with Gasteiger partial charge in [-0.05, 0) is 27.7 Å². The first-order valence-electron chi connectivity index (χ1n) is 6.59. The molecule has 0 atom stereocenters. The lowest BCUT2D eigenvalue weighted by molar-refractivity contribution is -0.135. The topological polar surface area (TPSA) is 20.3 Å². The molecule has 18 heavy (non-hydrogen) atoms.